The summed E-state index contributed by atoms with van der Waals surface area (Å²) in [6.07, 6.45) is -0.0504. The molecule has 0 aromatic heterocycles. The van der Waals surface area contributed by atoms with E-state index in [0.717, 1.165) is 0 Å². The zero-order chi connectivity index (χ0) is 9.02. The third-order valence-electron chi connectivity index (χ3n) is 1.05. The topological polar surface area (TPSA) is 101 Å². The number of rotatable bonds is 4. The lowest BCUT2D eigenvalue weighted by atomic mass is 10.2. The summed E-state index contributed by atoms with van der Waals surface area (Å²) in [7, 11) is 0. The van der Waals surface area contributed by atoms with Crippen LogP contribution in [-0.4, -0.2) is 32.1 Å². The fourth-order valence-electron chi connectivity index (χ4n) is 0.425. The number of halogens is 1. The predicted octanol–water partition coefficient (Wildman–Crippen LogP) is -0.323. The zero-order valence-corrected chi connectivity index (χ0v) is 7.69. The van der Waals surface area contributed by atoms with Gasteiger partial charge in [0.2, 0.25) is 0 Å². The van der Waals surface area contributed by atoms with Crippen LogP contribution in [0.2, 0.25) is 0 Å². The highest BCUT2D eigenvalue weighted by atomic mass is 127. The number of hydrogen-bond donors (Lipinski definition) is 3. The van der Waals surface area contributed by atoms with Gasteiger partial charge >= 0.3 is 11.9 Å². The Kier molecular flexibility index (Phi) is 4.34. The molecule has 0 saturated heterocycles. The minimum atomic E-state index is -1.17. The number of nitrogens with two attached hydrogens (primary N) is 1. The molecular formula is C5H8INO4. The van der Waals surface area contributed by atoms with Gasteiger partial charge in [-0.3, -0.25) is 9.59 Å². The van der Waals surface area contributed by atoms with Gasteiger partial charge in [-0.2, -0.15) is 0 Å². The Balaban J connectivity index is 3.84. The maximum atomic E-state index is 10.2. The molecule has 4 N–H and O–H groups in total. The van der Waals surface area contributed by atoms with Crippen molar-refractivity contribution in [3.8, 4) is 0 Å². The van der Waals surface area contributed by atoms with Crippen LogP contribution in [0.4, 0.5) is 0 Å². The van der Waals surface area contributed by atoms with E-state index in [0.29, 0.717) is 0 Å². The van der Waals surface area contributed by atoms with Gasteiger partial charge in [-0.1, -0.05) is 22.6 Å². The van der Waals surface area contributed by atoms with Crippen molar-refractivity contribution in [1.29, 1.82) is 0 Å². The summed E-state index contributed by atoms with van der Waals surface area (Å²) < 4.78 is -0.737. The van der Waals surface area contributed by atoms with E-state index in [1.165, 1.54) is 0 Å². The molecule has 0 aromatic carbocycles. The number of hydrogen-bond acceptors (Lipinski definition) is 3. The van der Waals surface area contributed by atoms with E-state index in [4.69, 9.17) is 15.9 Å². The van der Waals surface area contributed by atoms with Gasteiger partial charge in [0.1, 0.15) is 9.97 Å². The second kappa shape index (κ2) is 4.50. The predicted molar refractivity (Wildman–Crippen MR) is 45.7 cm³/mol. The Labute approximate surface area is 76.7 Å². The molecule has 0 aromatic rings. The van der Waals surface area contributed by atoms with Gasteiger partial charge in [-0.05, 0) is 6.42 Å². The van der Waals surface area contributed by atoms with Gasteiger partial charge in [-0.25, -0.2) is 0 Å². The largest absolute Gasteiger partial charge is 0.480 e. The van der Waals surface area contributed by atoms with E-state index in [2.05, 4.69) is 0 Å². The molecule has 0 spiro atoms. The maximum absolute atomic E-state index is 10.2. The third kappa shape index (κ3) is 4.14. The molecule has 0 aliphatic heterocycles. The van der Waals surface area contributed by atoms with Crippen molar-refractivity contribution in [2.75, 3.05) is 0 Å². The van der Waals surface area contributed by atoms with Crippen LogP contribution < -0.4 is 5.73 Å². The summed E-state index contributed by atoms with van der Waals surface area (Å²) in [5, 5.41) is 16.6. The lowest BCUT2D eigenvalue weighted by Crippen LogP contribution is -2.34. The van der Waals surface area contributed by atoms with Crippen LogP contribution in [0.15, 0.2) is 0 Å². The first-order valence-corrected chi connectivity index (χ1v) is 4.05. The molecule has 0 amide bonds. The van der Waals surface area contributed by atoms with Gasteiger partial charge in [-0.15, -0.1) is 0 Å². The zero-order valence-electron chi connectivity index (χ0n) is 5.53. The lowest BCUT2D eigenvalue weighted by Gasteiger charge is -2.07. The molecule has 2 atom stereocenters. The summed E-state index contributed by atoms with van der Waals surface area (Å²) in [6.45, 7) is 0. The number of alkyl halides is 1. The second-order valence-electron chi connectivity index (χ2n) is 1.99. The van der Waals surface area contributed by atoms with Crippen LogP contribution in [0.1, 0.15) is 6.42 Å². The molecule has 6 heteroatoms. The SMILES string of the molecule is N[C@@H](CC(I)C(=O)O)C(=O)O. The molecule has 11 heavy (non-hydrogen) atoms. The smallest absolute Gasteiger partial charge is 0.320 e. The number of carboxylic acids is 2. The fourth-order valence-corrected chi connectivity index (χ4v) is 0.972. The van der Waals surface area contributed by atoms with E-state index in [1.807, 2.05) is 0 Å². The maximum Gasteiger partial charge on any atom is 0.320 e. The van der Waals surface area contributed by atoms with Crippen LogP contribution in [0.5, 0.6) is 0 Å². The summed E-state index contributed by atoms with van der Waals surface area (Å²) >= 11 is 1.64. The van der Waals surface area contributed by atoms with Crippen molar-refractivity contribution < 1.29 is 19.8 Å². The molecule has 0 fully saturated rings. The van der Waals surface area contributed by atoms with E-state index < -0.39 is 21.9 Å². The highest BCUT2D eigenvalue weighted by molar-refractivity contribution is 14.1. The van der Waals surface area contributed by atoms with E-state index in [9.17, 15) is 9.59 Å². The van der Waals surface area contributed by atoms with Crippen LogP contribution in [-0.2, 0) is 9.59 Å². The lowest BCUT2D eigenvalue weighted by molar-refractivity contribution is -0.139. The first-order valence-electron chi connectivity index (χ1n) is 2.80. The minimum Gasteiger partial charge on any atom is -0.480 e. The van der Waals surface area contributed by atoms with Crippen LogP contribution >= 0.6 is 22.6 Å². The summed E-state index contributed by atoms with van der Waals surface area (Å²) in [5.74, 6) is -2.21. The Morgan fingerprint density at radius 3 is 2.09 bits per heavy atom. The standard InChI is InChI=1S/C5H8INO4/c6-2(4(8)9)1-3(7)5(10)11/h2-3H,1,7H2,(H,8,9)(H,10,11)/t2?,3-/m0/s1. The molecule has 64 valence electrons. The van der Waals surface area contributed by atoms with Crippen molar-refractivity contribution in [2.45, 2.75) is 16.4 Å². The Hall–Kier alpha value is -0.370. The Morgan fingerprint density at radius 2 is 1.82 bits per heavy atom. The summed E-state index contributed by atoms with van der Waals surface area (Å²) in [4.78, 5) is 20.3. The quantitative estimate of drug-likeness (QED) is 0.481. The average molecular weight is 273 g/mol. The van der Waals surface area contributed by atoms with Crippen LogP contribution in [0, 0.1) is 0 Å². The normalized spacial score (nSPS) is 15.5. The van der Waals surface area contributed by atoms with Gasteiger partial charge in [0.05, 0.1) is 0 Å². The highest BCUT2D eigenvalue weighted by Crippen LogP contribution is 2.07. The van der Waals surface area contributed by atoms with Gasteiger partial charge in [0.15, 0.2) is 0 Å². The van der Waals surface area contributed by atoms with E-state index in [-0.39, 0.29) is 6.42 Å². The molecule has 0 bridgehead atoms. The van der Waals surface area contributed by atoms with Crippen molar-refractivity contribution in [3.05, 3.63) is 0 Å². The molecular weight excluding hydrogens is 265 g/mol. The number of aliphatic carboxylic acids is 2. The van der Waals surface area contributed by atoms with Gasteiger partial charge in [0.25, 0.3) is 0 Å². The van der Waals surface area contributed by atoms with E-state index >= 15 is 0 Å². The van der Waals surface area contributed by atoms with Gasteiger partial charge < -0.3 is 15.9 Å². The van der Waals surface area contributed by atoms with Crippen LogP contribution in [0.25, 0.3) is 0 Å². The van der Waals surface area contributed by atoms with E-state index in [1.54, 1.807) is 22.6 Å². The molecule has 0 aliphatic rings. The fraction of sp³-hybridized carbons (Fsp3) is 0.600. The molecule has 0 saturated carbocycles. The second-order valence-corrected chi connectivity index (χ2v) is 3.49. The molecule has 0 rings (SSSR count). The molecule has 0 radical (unpaired) electrons. The minimum absolute atomic E-state index is 0.0504. The number of carboxylic acid groups (broad SMARTS) is 2. The summed E-state index contributed by atoms with van der Waals surface area (Å²) in [5.41, 5.74) is 5.09. The first kappa shape index (κ1) is 10.6. The van der Waals surface area contributed by atoms with Crippen molar-refractivity contribution in [3.63, 3.8) is 0 Å². The van der Waals surface area contributed by atoms with Crippen LogP contribution in [0.3, 0.4) is 0 Å². The Bertz CT molecular complexity index is 154. The number of carbonyl (C=O) groups is 2. The summed E-state index contributed by atoms with van der Waals surface area (Å²) in [6, 6.07) is -1.09. The first-order chi connectivity index (χ1) is 4.95. The average Bonchev–Trinajstić information content (AvgIpc) is 1.87. The molecule has 1 unspecified atom stereocenters. The molecule has 5 nitrogen and oxygen atoms in total. The van der Waals surface area contributed by atoms with Gasteiger partial charge in [0, 0.05) is 0 Å². The Morgan fingerprint density at radius 1 is 1.36 bits per heavy atom. The molecule has 0 aliphatic carbocycles. The van der Waals surface area contributed by atoms with Crippen molar-refractivity contribution in [1.82, 2.24) is 0 Å². The van der Waals surface area contributed by atoms with Crippen molar-refractivity contribution in [2.24, 2.45) is 5.73 Å². The third-order valence-corrected chi connectivity index (χ3v) is 2.09. The van der Waals surface area contributed by atoms with Crippen molar-refractivity contribution >= 4 is 34.5 Å². The molecule has 0 heterocycles. The highest BCUT2D eigenvalue weighted by Gasteiger charge is 2.21. The monoisotopic (exact) mass is 273 g/mol.